The summed E-state index contributed by atoms with van der Waals surface area (Å²) in [6, 6.07) is 0. The number of fused-ring (bicyclic) bond motifs is 1. The molecule has 0 aromatic carbocycles. The Balaban J connectivity index is 1.45. The average Bonchev–Trinajstić information content (AvgIpc) is 3.54. The SMILES string of the molecule is CCCCN(C)C(=O)C1CCN(C(=O)c2sc3nc(C4CC4)nc(C)c3c2C)CC1. The third-order valence-electron chi connectivity index (χ3n) is 6.48. The second-order valence-corrected chi connectivity index (χ2v) is 9.86. The lowest BCUT2D eigenvalue weighted by Gasteiger charge is -2.33. The van der Waals surface area contributed by atoms with Crippen molar-refractivity contribution in [1.82, 2.24) is 19.8 Å². The molecule has 1 saturated carbocycles. The number of unbranched alkanes of at least 4 members (excludes halogenated alkanes) is 1. The predicted molar refractivity (Wildman–Crippen MR) is 120 cm³/mol. The zero-order valence-electron chi connectivity index (χ0n) is 18.5. The number of nitrogens with zero attached hydrogens (tertiary/aromatic N) is 4. The molecule has 0 spiro atoms. The number of hydrogen-bond donors (Lipinski definition) is 0. The Morgan fingerprint density at radius 2 is 1.83 bits per heavy atom. The summed E-state index contributed by atoms with van der Waals surface area (Å²) < 4.78 is 0. The van der Waals surface area contributed by atoms with E-state index in [0.717, 1.165) is 64.4 Å². The van der Waals surface area contributed by atoms with E-state index in [2.05, 4.69) is 6.92 Å². The van der Waals surface area contributed by atoms with Crippen molar-refractivity contribution in [1.29, 1.82) is 0 Å². The highest BCUT2D eigenvalue weighted by molar-refractivity contribution is 7.20. The highest BCUT2D eigenvalue weighted by atomic mass is 32.1. The number of rotatable bonds is 6. The van der Waals surface area contributed by atoms with Crippen LogP contribution in [-0.4, -0.2) is 58.3 Å². The molecule has 2 aromatic rings. The second kappa shape index (κ2) is 8.61. The Morgan fingerprint density at radius 3 is 2.47 bits per heavy atom. The molecule has 1 aliphatic carbocycles. The van der Waals surface area contributed by atoms with Gasteiger partial charge in [0, 0.05) is 43.9 Å². The molecule has 0 unspecified atom stereocenters. The smallest absolute Gasteiger partial charge is 0.264 e. The molecule has 3 heterocycles. The normalized spacial score (nSPS) is 17.5. The van der Waals surface area contributed by atoms with Crippen LogP contribution in [0.5, 0.6) is 0 Å². The highest BCUT2D eigenvalue weighted by Gasteiger charge is 2.32. The third-order valence-corrected chi connectivity index (χ3v) is 7.65. The van der Waals surface area contributed by atoms with Crippen molar-refractivity contribution >= 4 is 33.4 Å². The number of piperidine rings is 1. The fourth-order valence-corrected chi connectivity index (χ4v) is 5.59. The summed E-state index contributed by atoms with van der Waals surface area (Å²) >= 11 is 1.50. The fourth-order valence-electron chi connectivity index (χ4n) is 4.38. The Hall–Kier alpha value is -2.02. The van der Waals surface area contributed by atoms with Crippen LogP contribution in [0.2, 0.25) is 0 Å². The lowest BCUT2D eigenvalue weighted by molar-refractivity contribution is -0.135. The first kappa shape index (κ1) is 21.2. The largest absolute Gasteiger partial charge is 0.346 e. The molecule has 0 radical (unpaired) electrons. The summed E-state index contributed by atoms with van der Waals surface area (Å²) in [5.74, 6) is 1.78. The van der Waals surface area contributed by atoms with E-state index in [1.54, 1.807) is 0 Å². The maximum Gasteiger partial charge on any atom is 0.264 e. The van der Waals surface area contributed by atoms with E-state index in [9.17, 15) is 9.59 Å². The number of carbonyl (C=O) groups is 2. The van der Waals surface area contributed by atoms with Crippen LogP contribution in [0, 0.1) is 19.8 Å². The molecule has 2 aliphatic rings. The summed E-state index contributed by atoms with van der Waals surface area (Å²) in [4.78, 5) is 40.9. The van der Waals surface area contributed by atoms with Crippen molar-refractivity contribution in [3.8, 4) is 0 Å². The Kier molecular flexibility index (Phi) is 6.09. The van der Waals surface area contributed by atoms with Gasteiger partial charge in [0.1, 0.15) is 10.7 Å². The van der Waals surface area contributed by atoms with E-state index >= 15 is 0 Å². The quantitative estimate of drug-likeness (QED) is 0.688. The van der Waals surface area contributed by atoms with E-state index in [1.165, 1.54) is 24.2 Å². The topological polar surface area (TPSA) is 66.4 Å². The minimum atomic E-state index is 0.0358. The van der Waals surface area contributed by atoms with Gasteiger partial charge in [0.2, 0.25) is 5.91 Å². The van der Waals surface area contributed by atoms with Crippen LogP contribution in [-0.2, 0) is 4.79 Å². The summed E-state index contributed by atoms with van der Waals surface area (Å²) in [6.07, 6.45) is 5.96. The van der Waals surface area contributed by atoms with Crippen LogP contribution in [0.3, 0.4) is 0 Å². The minimum absolute atomic E-state index is 0.0358. The first-order valence-electron chi connectivity index (χ1n) is 11.2. The van der Waals surface area contributed by atoms with Crippen LogP contribution in [0.15, 0.2) is 0 Å². The van der Waals surface area contributed by atoms with Crippen LogP contribution >= 0.6 is 11.3 Å². The molecule has 7 heteroatoms. The minimum Gasteiger partial charge on any atom is -0.346 e. The Labute approximate surface area is 182 Å². The molecule has 162 valence electrons. The average molecular weight is 429 g/mol. The van der Waals surface area contributed by atoms with E-state index in [4.69, 9.17) is 9.97 Å². The molecule has 4 rings (SSSR count). The highest BCUT2D eigenvalue weighted by Crippen LogP contribution is 2.40. The van der Waals surface area contributed by atoms with Crippen molar-refractivity contribution in [3.63, 3.8) is 0 Å². The molecule has 6 nitrogen and oxygen atoms in total. The van der Waals surface area contributed by atoms with Crippen LogP contribution in [0.25, 0.3) is 10.2 Å². The molecule has 30 heavy (non-hydrogen) atoms. The van der Waals surface area contributed by atoms with E-state index in [0.29, 0.717) is 19.0 Å². The summed E-state index contributed by atoms with van der Waals surface area (Å²) in [6.45, 7) is 8.27. The van der Waals surface area contributed by atoms with E-state index in [1.807, 2.05) is 30.7 Å². The van der Waals surface area contributed by atoms with Gasteiger partial charge in [0.15, 0.2) is 0 Å². The monoisotopic (exact) mass is 428 g/mol. The molecule has 0 N–H and O–H groups in total. The molecule has 0 bridgehead atoms. The number of hydrogen-bond acceptors (Lipinski definition) is 5. The van der Waals surface area contributed by atoms with Crippen molar-refractivity contribution in [3.05, 3.63) is 22.0 Å². The van der Waals surface area contributed by atoms with Gasteiger partial charge < -0.3 is 9.80 Å². The molecule has 2 fully saturated rings. The summed E-state index contributed by atoms with van der Waals surface area (Å²) in [5.41, 5.74) is 1.98. The standard InChI is InChI=1S/C23H32N4O2S/c1-5-6-11-26(4)22(28)17-9-12-27(13-10-17)23(29)19-14(2)18-15(3)24-20(16-7-8-16)25-21(18)30-19/h16-17H,5-13H2,1-4H3. The zero-order chi connectivity index (χ0) is 21.4. The molecule has 1 saturated heterocycles. The lowest BCUT2D eigenvalue weighted by Crippen LogP contribution is -2.43. The maximum absolute atomic E-state index is 13.3. The molecular weight excluding hydrogens is 396 g/mol. The van der Waals surface area contributed by atoms with Gasteiger partial charge in [-0.15, -0.1) is 11.3 Å². The predicted octanol–water partition coefficient (Wildman–Crippen LogP) is 4.30. The molecule has 2 amide bonds. The Morgan fingerprint density at radius 1 is 1.13 bits per heavy atom. The first-order chi connectivity index (χ1) is 14.4. The van der Waals surface area contributed by atoms with Gasteiger partial charge in [-0.05, 0) is 51.5 Å². The number of carbonyl (C=O) groups excluding carboxylic acids is 2. The molecule has 0 atom stereocenters. The third kappa shape index (κ3) is 4.09. The zero-order valence-corrected chi connectivity index (χ0v) is 19.3. The van der Waals surface area contributed by atoms with Gasteiger partial charge in [-0.25, -0.2) is 9.97 Å². The van der Waals surface area contributed by atoms with Gasteiger partial charge in [0.05, 0.1) is 10.6 Å². The van der Waals surface area contributed by atoms with Crippen molar-refractivity contribution < 1.29 is 9.59 Å². The van der Waals surface area contributed by atoms with E-state index in [-0.39, 0.29) is 17.7 Å². The first-order valence-corrected chi connectivity index (χ1v) is 12.0. The van der Waals surface area contributed by atoms with Crippen LogP contribution < -0.4 is 0 Å². The van der Waals surface area contributed by atoms with Crippen LogP contribution in [0.1, 0.15) is 78.1 Å². The van der Waals surface area contributed by atoms with Crippen molar-refractivity contribution in [2.75, 3.05) is 26.7 Å². The number of amides is 2. The Bertz CT molecular complexity index is 958. The van der Waals surface area contributed by atoms with Gasteiger partial charge in [0.25, 0.3) is 5.91 Å². The number of thiophene rings is 1. The van der Waals surface area contributed by atoms with Gasteiger partial charge in [-0.3, -0.25) is 9.59 Å². The van der Waals surface area contributed by atoms with Crippen molar-refractivity contribution in [2.45, 2.75) is 65.2 Å². The number of likely N-dealkylation sites (tertiary alicyclic amines) is 1. The van der Waals surface area contributed by atoms with Gasteiger partial charge >= 0.3 is 0 Å². The summed E-state index contributed by atoms with van der Waals surface area (Å²) in [7, 11) is 1.90. The molecule has 2 aromatic heterocycles. The number of aromatic nitrogens is 2. The molecule has 1 aliphatic heterocycles. The van der Waals surface area contributed by atoms with Crippen LogP contribution in [0.4, 0.5) is 0 Å². The van der Waals surface area contributed by atoms with Gasteiger partial charge in [-0.2, -0.15) is 0 Å². The van der Waals surface area contributed by atoms with E-state index < -0.39 is 0 Å². The fraction of sp³-hybridized carbons (Fsp3) is 0.652. The lowest BCUT2D eigenvalue weighted by atomic mass is 9.95. The van der Waals surface area contributed by atoms with Crippen molar-refractivity contribution in [2.24, 2.45) is 5.92 Å². The number of aryl methyl sites for hydroxylation is 2. The van der Waals surface area contributed by atoms with Gasteiger partial charge in [-0.1, -0.05) is 13.3 Å². The maximum atomic E-state index is 13.3. The second-order valence-electron chi connectivity index (χ2n) is 8.86. The summed E-state index contributed by atoms with van der Waals surface area (Å²) in [5, 5.41) is 1.04. The molecular formula is C23H32N4O2S.